The summed E-state index contributed by atoms with van der Waals surface area (Å²) in [6.07, 6.45) is 2.63. The fourth-order valence-corrected chi connectivity index (χ4v) is 4.07. The third kappa shape index (κ3) is 4.00. The van der Waals surface area contributed by atoms with Crippen LogP contribution in [0.1, 0.15) is 44.6 Å². The molecule has 2 aromatic heterocycles. The minimum atomic E-state index is 0.184. The van der Waals surface area contributed by atoms with Crippen molar-refractivity contribution in [3.8, 4) is 22.8 Å². The van der Waals surface area contributed by atoms with Gasteiger partial charge in [-0.05, 0) is 54.7 Å². The number of likely N-dealkylation sites (tertiary alicyclic amines) is 1. The molecule has 0 saturated carbocycles. The highest BCUT2D eigenvalue weighted by Gasteiger charge is 2.18. The second-order valence-corrected chi connectivity index (χ2v) is 8.55. The Balaban J connectivity index is 1.32. The Hall–Kier alpha value is -3.55. The Morgan fingerprint density at radius 3 is 2.56 bits per heavy atom. The molecule has 8 nitrogen and oxygen atoms in total. The molecular formula is C24H26N6O2. The van der Waals surface area contributed by atoms with E-state index in [1.165, 1.54) is 5.56 Å². The maximum atomic E-state index is 12.3. The molecule has 5 rings (SSSR count). The summed E-state index contributed by atoms with van der Waals surface area (Å²) in [5.74, 6) is 1.65. The van der Waals surface area contributed by atoms with Crippen LogP contribution in [0.15, 0.2) is 47.0 Å². The highest BCUT2D eigenvalue weighted by Crippen LogP contribution is 2.26. The molecule has 8 heteroatoms. The van der Waals surface area contributed by atoms with Crippen LogP contribution in [-0.2, 0) is 11.3 Å². The minimum absolute atomic E-state index is 0.184. The van der Waals surface area contributed by atoms with E-state index in [0.717, 1.165) is 48.1 Å². The van der Waals surface area contributed by atoms with Crippen LogP contribution in [0.25, 0.3) is 33.9 Å². The average molecular weight is 431 g/mol. The summed E-state index contributed by atoms with van der Waals surface area (Å²) in [4.78, 5) is 18.8. The highest BCUT2D eigenvalue weighted by atomic mass is 16.5. The topological polar surface area (TPSA) is 89.9 Å². The number of benzene rings is 2. The zero-order valence-electron chi connectivity index (χ0n) is 18.4. The summed E-state index contributed by atoms with van der Waals surface area (Å²) in [5, 5.41) is 12.7. The predicted molar refractivity (Wildman–Crippen MR) is 121 cm³/mol. The maximum absolute atomic E-state index is 12.3. The molecule has 1 aliphatic heterocycles. The summed E-state index contributed by atoms with van der Waals surface area (Å²) in [6.45, 7) is 6.59. The molecule has 1 amide bonds. The van der Waals surface area contributed by atoms with Gasteiger partial charge in [-0.15, -0.1) is 5.10 Å². The standard InChI is InChI=1S/C24H26N6O2/c1-16(2)17-5-7-18(8-6-17)24-25-23(27-32-24)19-9-10-21-20(15-19)26-28-30(21)14-11-22(31)29-12-3-4-13-29/h5-10,15-16H,3-4,11-14H2,1-2H3. The smallest absolute Gasteiger partial charge is 0.258 e. The van der Waals surface area contributed by atoms with Gasteiger partial charge in [0.2, 0.25) is 11.7 Å². The van der Waals surface area contributed by atoms with Crippen LogP contribution < -0.4 is 0 Å². The third-order valence-electron chi connectivity index (χ3n) is 6.02. The molecule has 0 radical (unpaired) electrons. The quantitative estimate of drug-likeness (QED) is 0.453. The third-order valence-corrected chi connectivity index (χ3v) is 6.02. The lowest BCUT2D eigenvalue weighted by molar-refractivity contribution is -0.130. The lowest BCUT2D eigenvalue weighted by atomic mass is 10.0. The van der Waals surface area contributed by atoms with Gasteiger partial charge in [-0.2, -0.15) is 4.98 Å². The van der Waals surface area contributed by atoms with Crippen molar-refractivity contribution in [3.63, 3.8) is 0 Å². The van der Waals surface area contributed by atoms with E-state index in [9.17, 15) is 4.79 Å². The van der Waals surface area contributed by atoms with Crippen LogP contribution in [0.2, 0.25) is 0 Å². The first-order chi connectivity index (χ1) is 15.6. The fraction of sp³-hybridized carbons (Fsp3) is 0.375. The van der Waals surface area contributed by atoms with Gasteiger partial charge in [0, 0.05) is 30.6 Å². The zero-order valence-corrected chi connectivity index (χ0v) is 18.4. The summed E-state index contributed by atoms with van der Waals surface area (Å²) in [5.41, 5.74) is 4.60. The molecule has 0 bridgehead atoms. The van der Waals surface area contributed by atoms with Crippen molar-refractivity contribution in [1.29, 1.82) is 0 Å². The van der Waals surface area contributed by atoms with E-state index in [1.807, 2.05) is 35.2 Å². The van der Waals surface area contributed by atoms with E-state index in [-0.39, 0.29) is 5.91 Å². The largest absolute Gasteiger partial charge is 0.343 e. The minimum Gasteiger partial charge on any atom is -0.343 e. The Bertz CT molecular complexity index is 1240. The SMILES string of the molecule is CC(C)c1ccc(-c2nc(-c3ccc4c(c3)nnn4CCC(=O)N3CCCC3)no2)cc1. The van der Waals surface area contributed by atoms with Crippen LogP contribution in [0, 0.1) is 0 Å². The van der Waals surface area contributed by atoms with Gasteiger partial charge < -0.3 is 9.42 Å². The van der Waals surface area contributed by atoms with Crippen molar-refractivity contribution in [2.24, 2.45) is 0 Å². The van der Waals surface area contributed by atoms with Crippen molar-refractivity contribution < 1.29 is 9.32 Å². The lowest BCUT2D eigenvalue weighted by Crippen LogP contribution is -2.28. The van der Waals surface area contributed by atoms with E-state index in [2.05, 4.69) is 46.4 Å². The van der Waals surface area contributed by atoms with Crippen molar-refractivity contribution in [1.82, 2.24) is 30.0 Å². The molecular weight excluding hydrogens is 404 g/mol. The summed E-state index contributed by atoms with van der Waals surface area (Å²) in [7, 11) is 0. The van der Waals surface area contributed by atoms with Gasteiger partial charge in [0.15, 0.2) is 0 Å². The number of fused-ring (bicyclic) bond motifs is 1. The number of amides is 1. The second kappa shape index (κ2) is 8.53. The fourth-order valence-electron chi connectivity index (χ4n) is 4.07. The van der Waals surface area contributed by atoms with Gasteiger partial charge in [0.1, 0.15) is 5.52 Å². The average Bonchev–Trinajstić information content (AvgIpc) is 3.58. The molecule has 1 saturated heterocycles. The number of nitrogens with zero attached hydrogens (tertiary/aromatic N) is 6. The normalized spacial score (nSPS) is 14.0. The van der Waals surface area contributed by atoms with Crippen LogP contribution in [-0.4, -0.2) is 49.0 Å². The molecule has 3 heterocycles. The number of hydrogen-bond donors (Lipinski definition) is 0. The number of carbonyl (C=O) groups is 1. The van der Waals surface area contributed by atoms with Crippen molar-refractivity contribution in [3.05, 3.63) is 48.0 Å². The Kier molecular flexibility index (Phi) is 5.43. The van der Waals surface area contributed by atoms with Gasteiger partial charge in [0.25, 0.3) is 5.89 Å². The van der Waals surface area contributed by atoms with E-state index in [0.29, 0.717) is 30.6 Å². The lowest BCUT2D eigenvalue weighted by Gasteiger charge is -2.14. The Morgan fingerprint density at radius 2 is 1.81 bits per heavy atom. The van der Waals surface area contributed by atoms with Crippen molar-refractivity contribution in [2.45, 2.75) is 45.6 Å². The van der Waals surface area contributed by atoms with E-state index in [4.69, 9.17) is 4.52 Å². The molecule has 0 atom stereocenters. The summed E-state index contributed by atoms with van der Waals surface area (Å²) in [6, 6.07) is 14.0. The van der Waals surface area contributed by atoms with Gasteiger partial charge in [0.05, 0.1) is 12.1 Å². The van der Waals surface area contributed by atoms with Crippen LogP contribution in [0.3, 0.4) is 0 Å². The first kappa shape index (κ1) is 20.4. The van der Waals surface area contributed by atoms with Crippen LogP contribution in [0.5, 0.6) is 0 Å². The first-order valence-corrected chi connectivity index (χ1v) is 11.1. The molecule has 2 aromatic carbocycles. The van der Waals surface area contributed by atoms with E-state index >= 15 is 0 Å². The van der Waals surface area contributed by atoms with E-state index in [1.54, 1.807) is 4.68 Å². The van der Waals surface area contributed by atoms with Gasteiger partial charge in [-0.25, -0.2) is 4.68 Å². The van der Waals surface area contributed by atoms with Crippen LogP contribution >= 0.6 is 0 Å². The molecule has 0 aliphatic carbocycles. The zero-order chi connectivity index (χ0) is 22.1. The first-order valence-electron chi connectivity index (χ1n) is 11.1. The summed E-state index contributed by atoms with van der Waals surface area (Å²) < 4.78 is 7.27. The Morgan fingerprint density at radius 1 is 1.06 bits per heavy atom. The van der Waals surface area contributed by atoms with Gasteiger partial charge in [-0.1, -0.05) is 36.4 Å². The number of aromatic nitrogens is 5. The van der Waals surface area contributed by atoms with Gasteiger partial charge >= 0.3 is 0 Å². The molecule has 1 aliphatic rings. The monoisotopic (exact) mass is 430 g/mol. The molecule has 0 unspecified atom stereocenters. The van der Waals surface area contributed by atoms with Crippen molar-refractivity contribution >= 4 is 16.9 Å². The summed E-state index contributed by atoms with van der Waals surface area (Å²) >= 11 is 0. The molecule has 4 aromatic rings. The Labute approximate surface area is 186 Å². The predicted octanol–water partition coefficient (Wildman–Crippen LogP) is 4.28. The number of hydrogen-bond acceptors (Lipinski definition) is 6. The highest BCUT2D eigenvalue weighted by molar-refractivity contribution is 5.80. The molecule has 164 valence electrons. The van der Waals surface area contributed by atoms with E-state index < -0.39 is 0 Å². The van der Waals surface area contributed by atoms with Crippen LogP contribution in [0.4, 0.5) is 0 Å². The molecule has 1 fully saturated rings. The maximum Gasteiger partial charge on any atom is 0.258 e. The van der Waals surface area contributed by atoms with Crippen molar-refractivity contribution in [2.75, 3.05) is 13.1 Å². The molecule has 32 heavy (non-hydrogen) atoms. The number of carbonyl (C=O) groups excluding carboxylic acids is 1. The second-order valence-electron chi connectivity index (χ2n) is 8.55. The molecule has 0 spiro atoms. The molecule has 0 N–H and O–H groups in total. The van der Waals surface area contributed by atoms with Gasteiger partial charge in [-0.3, -0.25) is 4.79 Å². The number of aryl methyl sites for hydroxylation is 1. The number of rotatable bonds is 6.